The molecule has 29 heavy (non-hydrogen) atoms. The van der Waals surface area contributed by atoms with E-state index in [2.05, 4.69) is 0 Å². The van der Waals surface area contributed by atoms with Crippen LogP contribution in [0.25, 0.3) is 10.8 Å². The molecule has 1 amide bonds. The topological polar surface area (TPSA) is 60.8 Å². The van der Waals surface area contributed by atoms with Gasteiger partial charge in [-0.1, -0.05) is 6.07 Å². The van der Waals surface area contributed by atoms with Gasteiger partial charge < -0.3 is 18.9 Å². The number of aryl methyl sites for hydroxylation is 3. The fourth-order valence-electron chi connectivity index (χ4n) is 3.44. The zero-order valence-electron chi connectivity index (χ0n) is 17.7. The molecule has 0 bridgehead atoms. The van der Waals surface area contributed by atoms with E-state index in [-0.39, 0.29) is 11.5 Å². The highest BCUT2D eigenvalue weighted by molar-refractivity contribution is 6.14. The first kappa shape index (κ1) is 20.5. The Labute approximate surface area is 170 Å². The highest BCUT2D eigenvalue weighted by Crippen LogP contribution is 2.33. The molecule has 0 fully saturated rings. The predicted octanol–water partition coefficient (Wildman–Crippen LogP) is 3.84. The SMILES string of the molecule is CCN(C(=O)c1cn(C)c(=O)c2cc(OC)c(OC)cc12)c1ccc(C)c(C)c1. The van der Waals surface area contributed by atoms with Crippen LogP contribution in [0.2, 0.25) is 0 Å². The first-order chi connectivity index (χ1) is 13.8. The summed E-state index contributed by atoms with van der Waals surface area (Å²) >= 11 is 0. The third-order valence-corrected chi connectivity index (χ3v) is 5.28. The van der Waals surface area contributed by atoms with E-state index >= 15 is 0 Å². The Hall–Kier alpha value is -3.28. The standard InChI is InChI=1S/C23H26N2O4/c1-7-25(16-9-8-14(2)15(3)10-16)23(27)19-13-24(4)22(26)18-12-21(29-6)20(28-5)11-17(18)19/h8-13H,7H2,1-6H3. The number of hydrogen-bond donors (Lipinski definition) is 0. The lowest BCUT2D eigenvalue weighted by atomic mass is 10.0. The predicted molar refractivity (Wildman–Crippen MR) is 116 cm³/mol. The molecule has 0 radical (unpaired) electrons. The van der Waals surface area contributed by atoms with Gasteiger partial charge in [0.1, 0.15) is 0 Å². The smallest absolute Gasteiger partial charge is 0.260 e. The Balaban J connectivity index is 2.24. The molecule has 2 aromatic carbocycles. The highest BCUT2D eigenvalue weighted by atomic mass is 16.5. The quantitative estimate of drug-likeness (QED) is 0.660. The van der Waals surface area contributed by atoms with Gasteiger partial charge in [0, 0.05) is 30.9 Å². The van der Waals surface area contributed by atoms with Gasteiger partial charge >= 0.3 is 0 Å². The molecule has 0 unspecified atom stereocenters. The summed E-state index contributed by atoms with van der Waals surface area (Å²) in [5.74, 6) is 0.739. The van der Waals surface area contributed by atoms with Crippen molar-refractivity contribution >= 4 is 22.4 Å². The van der Waals surface area contributed by atoms with Gasteiger partial charge in [0.15, 0.2) is 11.5 Å². The van der Waals surface area contributed by atoms with Crippen molar-refractivity contribution in [2.45, 2.75) is 20.8 Å². The number of rotatable bonds is 5. The molecule has 3 aromatic rings. The van der Waals surface area contributed by atoms with Crippen molar-refractivity contribution in [2.24, 2.45) is 7.05 Å². The van der Waals surface area contributed by atoms with Gasteiger partial charge in [-0.3, -0.25) is 9.59 Å². The summed E-state index contributed by atoms with van der Waals surface area (Å²) in [6.07, 6.45) is 1.59. The minimum absolute atomic E-state index is 0.177. The van der Waals surface area contributed by atoms with E-state index in [1.54, 1.807) is 30.3 Å². The number of nitrogens with zero attached hydrogens (tertiary/aromatic N) is 2. The Morgan fingerprint density at radius 1 is 1.00 bits per heavy atom. The number of ether oxygens (including phenoxy) is 2. The fourth-order valence-corrected chi connectivity index (χ4v) is 3.44. The zero-order chi connectivity index (χ0) is 21.3. The van der Waals surface area contributed by atoms with Crippen LogP contribution in [0.4, 0.5) is 5.69 Å². The lowest BCUT2D eigenvalue weighted by Gasteiger charge is -2.23. The van der Waals surface area contributed by atoms with Gasteiger partial charge in [-0.15, -0.1) is 0 Å². The number of carbonyl (C=O) groups excluding carboxylic acids is 1. The molecule has 3 rings (SSSR count). The molecule has 1 aromatic heterocycles. The molecule has 0 atom stereocenters. The molecule has 152 valence electrons. The van der Waals surface area contributed by atoms with Crippen LogP contribution in [0.1, 0.15) is 28.4 Å². The minimum atomic E-state index is -0.202. The van der Waals surface area contributed by atoms with Gasteiger partial charge in [0.2, 0.25) is 0 Å². The van der Waals surface area contributed by atoms with E-state index in [1.807, 2.05) is 39.0 Å². The number of carbonyl (C=O) groups is 1. The lowest BCUT2D eigenvalue weighted by molar-refractivity contribution is 0.0989. The second-order valence-corrected chi connectivity index (χ2v) is 7.03. The van der Waals surface area contributed by atoms with E-state index in [0.717, 1.165) is 11.3 Å². The van der Waals surface area contributed by atoms with E-state index < -0.39 is 0 Å². The number of fused-ring (bicyclic) bond motifs is 1. The number of hydrogen-bond acceptors (Lipinski definition) is 4. The Kier molecular flexibility index (Phi) is 5.64. The summed E-state index contributed by atoms with van der Waals surface area (Å²) in [7, 11) is 4.68. The maximum Gasteiger partial charge on any atom is 0.260 e. The van der Waals surface area contributed by atoms with Crippen molar-refractivity contribution < 1.29 is 14.3 Å². The van der Waals surface area contributed by atoms with Gasteiger partial charge in [0.25, 0.3) is 11.5 Å². The van der Waals surface area contributed by atoms with Crippen molar-refractivity contribution in [1.29, 1.82) is 0 Å². The molecule has 0 aliphatic rings. The molecule has 0 saturated heterocycles. The van der Waals surface area contributed by atoms with E-state index in [4.69, 9.17) is 9.47 Å². The van der Waals surface area contributed by atoms with Crippen LogP contribution in [-0.4, -0.2) is 31.2 Å². The average molecular weight is 394 g/mol. The highest BCUT2D eigenvalue weighted by Gasteiger charge is 2.22. The summed E-state index contributed by atoms with van der Waals surface area (Å²) < 4.78 is 12.2. The zero-order valence-corrected chi connectivity index (χ0v) is 17.7. The summed E-state index contributed by atoms with van der Waals surface area (Å²) in [4.78, 5) is 28.0. The monoisotopic (exact) mass is 394 g/mol. The third-order valence-electron chi connectivity index (χ3n) is 5.28. The van der Waals surface area contributed by atoms with E-state index in [1.165, 1.54) is 24.4 Å². The molecule has 1 heterocycles. The van der Waals surface area contributed by atoms with Gasteiger partial charge in [0.05, 0.1) is 25.2 Å². The molecule has 0 N–H and O–H groups in total. The van der Waals surface area contributed by atoms with Crippen LogP contribution in [0, 0.1) is 13.8 Å². The summed E-state index contributed by atoms with van der Waals surface area (Å²) in [6, 6.07) is 9.27. The number of amides is 1. The summed E-state index contributed by atoms with van der Waals surface area (Å²) in [5.41, 5.74) is 3.34. The Morgan fingerprint density at radius 2 is 1.62 bits per heavy atom. The van der Waals surface area contributed by atoms with Crippen LogP contribution < -0.4 is 19.9 Å². The molecular weight excluding hydrogens is 368 g/mol. The molecule has 0 saturated carbocycles. The van der Waals surface area contributed by atoms with E-state index in [9.17, 15) is 9.59 Å². The Bertz CT molecular complexity index is 1150. The van der Waals surface area contributed by atoms with Crippen molar-refractivity contribution in [1.82, 2.24) is 4.57 Å². The van der Waals surface area contributed by atoms with Crippen LogP contribution in [0.3, 0.4) is 0 Å². The maximum atomic E-state index is 13.5. The van der Waals surface area contributed by atoms with Crippen LogP contribution in [0.5, 0.6) is 11.5 Å². The average Bonchev–Trinajstić information content (AvgIpc) is 2.72. The molecule has 6 heteroatoms. The van der Waals surface area contributed by atoms with Crippen LogP contribution in [-0.2, 0) is 7.05 Å². The number of anilines is 1. The summed E-state index contributed by atoms with van der Waals surface area (Å²) in [5, 5.41) is 0.949. The second kappa shape index (κ2) is 7.99. The molecule has 0 spiro atoms. The molecule has 0 aliphatic carbocycles. The second-order valence-electron chi connectivity index (χ2n) is 7.03. The van der Waals surface area contributed by atoms with Crippen molar-refractivity contribution in [2.75, 3.05) is 25.7 Å². The number of aromatic nitrogens is 1. The van der Waals surface area contributed by atoms with Crippen LogP contribution in [0.15, 0.2) is 41.3 Å². The maximum absolute atomic E-state index is 13.5. The van der Waals surface area contributed by atoms with Gasteiger partial charge in [-0.05, 0) is 56.2 Å². The van der Waals surface area contributed by atoms with Crippen molar-refractivity contribution in [3.8, 4) is 11.5 Å². The largest absolute Gasteiger partial charge is 0.493 e. The molecular formula is C23H26N2O4. The fraction of sp³-hybridized carbons (Fsp3) is 0.304. The first-order valence-electron chi connectivity index (χ1n) is 9.46. The number of benzene rings is 2. The molecule has 6 nitrogen and oxygen atoms in total. The van der Waals surface area contributed by atoms with Gasteiger partial charge in [-0.2, -0.15) is 0 Å². The normalized spacial score (nSPS) is 10.8. The van der Waals surface area contributed by atoms with Crippen LogP contribution >= 0.6 is 0 Å². The minimum Gasteiger partial charge on any atom is -0.493 e. The number of pyridine rings is 1. The van der Waals surface area contributed by atoms with Gasteiger partial charge in [-0.25, -0.2) is 0 Å². The van der Waals surface area contributed by atoms with E-state index in [0.29, 0.717) is 34.4 Å². The van der Waals surface area contributed by atoms with Crippen molar-refractivity contribution in [3.63, 3.8) is 0 Å². The molecule has 0 aliphatic heterocycles. The number of methoxy groups -OCH3 is 2. The third kappa shape index (κ3) is 3.58. The first-order valence-corrected chi connectivity index (χ1v) is 9.46. The lowest BCUT2D eigenvalue weighted by Crippen LogP contribution is -2.32. The Morgan fingerprint density at radius 3 is 2.17 bits per heavy atom. The van der Waals surface area contributed by atoms with Crippen molar-refractivity contribution in [3.05, 3.63) is 63.6 Å². The summed E-state index contributed by atoms with van der Waals surface area (Å²) in [6.45, 7) is 6.49.